The molecule has 0 heterocycles. The maximum absolute atomic E-state index is 12.5. The number of hydrogen-bond acceptors (Lipinski definition) is 0. The summed E-state index contributed by atoms with van der Waals surface area (Å²) in [6.07, 6.45) is -6.29. The molecule has 0 aromatic rings. The van der Waals surface area contributed by atoms with Gasteiger partial charge in [0.15, 0.2) is 6.17 Å². The molecule has 0 aromatic carbocycles. The Hall–Kier alpha value is -0.490. The van der Waals surface area contributed by atoms with Crippen molar-refractivity contribution in [2.45, 2.75) is 43.2 Å². The van der Waals surface area contributed by atoms with Crippen LogP contribution in [0.15, 0.2) is 0 Å². The van der Waals surface area contributed by atoms with Gasteiger partial charge in [-0.2, -0.15) is 26.3 Å². The molecule has 1 aliphatic carbocycles. The molecule has 84 valence electrons. The van der Waals surface area contributed by atoms with E-state index in [1.807, 2.05) is 0 Å². The highest BCUT2D eigenvalue weighted by Gasteiger charge is 2.74. The van der Waals surface area contributed by atoms with Gasteiger partial charge in [-0.15, -0.1) is 0 Å². The van der Waals surface area contributed by atoms with Crippen molar-refractivity contribution in [2.75, 3.05) is 0 Å². The molecule has 0 saturated heterocycles. The van der Waals surface area contributed by atoms with Gasteiger partial charge in [0, 0.05) is 6.42 Å². The lowest BCUT2D eigenvalue weighted by Gasteiger charge is -2.31. The van der Waals surface area contributed by atoms with Crippen molar-refractivity contribution in [3.63, 3.8) is 0 Å². The number of halogens is 7. The Morgan fingerprint density at radius 1 is 0.929 bits per heavy atom. The van der Waals surface area contributed by atoms with E-state index in [9.17, 15) is 30.7 Å². The van der Waals surface area contributed by atoms with Gasteiger partial charge in [-0.25, -0.2) is 4.39 Å². The zero-order chi connectivity index (χ0) is 11.2. The number of alkyl halides is 7. The SMILES string of the molecule is FC1CCCC(F)(F)C(F)(F)C1(F)F. The molecule has 0 aliphatic heterocycles. The second kappa shape index (κ2) is 3.00. The fourth-order valence-corrected chi connectivity index (χ4v) is 1.28. The first kappa shape index (κ1) is 11.6. The smallest absolute Gasteiger partial charge is 0.241 e. The average molecular weight is 224 g/mol. The lowest BCUT2D eigenvalue weighted by molar-refractivity contribution is -0.318. The molecule has 14 heavy (non-hydrogen) atoms. The third kappa shape index (κ3) is 1.37. The Labute approximate surface area is 75.1 Å². The highest BCUT2D eigenvalue weighted by atomic mass is 19.3. The van der Waals surface area contributed by atoms with Gasteiger partial charge < -0.3 is 0 Å². The summed E-state index contributed by atoms with van der Waals surface area (Å²) in [5.74, 6) is -15.8. The number of hydrogen-bond donors (Lipinski definition) is 0. The normalized spacial score (nSPS) is 34.9. The summed E-state index contributed by atoms with van der Waals surface area (Å²) >= 11 is 0. The highest BCUT2D eigenvalue weighted by Crippen LogP contribution is 2.52. The molecular formula is C7H7F7. The zero-order valence-electron chi connectivity index (χ0n) is 6.84. The van der Waals surface area contributed by atoms with Gasteiger partial charge in [0.2, 0.25) is 0 Å². The first-order valence-corrected chi connectivity index (χ1v) is 3.90. The van der Waals surface area contributed by atoms with E-state index in [1.165, 1.54) is 0 Å². The summed E-state index contributed by atoms with van der Waals surface area (Å²) in [5, 5.41) is 0. The number of rotatable bonds is 0. The van der Waals surface area contributed by atoms with Crippen LogP contribution < -0.4 is 0 Å². The third-order valence-electron chi connectivity index (χ3n) is 2.22. The first-order chi connectivity index (χ1) is 6.13. The topological polar surface area (TPSA) is 0 Å². The van der Waals surface area contributed by atoms with Crippen LogP contribution in [-0.4, -0.2) is 23.9 Å². The van der Waals surface area contributed by atoms with Gasteiger partial charge in [0.1, 0.15) is 0 Å². The van der Waals surface area contributed by atoms with Crippen LogP contribution in [0.2, 0.25) is 0 Å². The minimum absolute atomic E-state index is 0.681. The van der Waals surface area contributed by atoms with E-state index >= 15 is 0 Å². The minimum Gasteiger partial charge on any atom is -0.241 e. The van der Waals surface area contributed by atoms with Crippen molar-refractivity contribution in [2.24, 2.45) is 0 Å². The van der Waals surface area contributed by atoms with Crippen molar-refractivity contribution in [1.82, 2.24) is 0 Å². The van der Waals surface area contributed by atoms with Crippen LogP contribution in [0.1, 0.15) is 19.3 Å². The van der Waals surface area contributed by atoms with Crippen LogP contribution in [0.4, 0.5) is 30.7 Å². The average Bonchev–Trinajstić information content (AvgIpc) is 2.05. The second-order valence-electron chi connectivity index (χ2n) is 3.26. The summed E-state index contributed by atoms with van der Waals surface area (Å²) in [7, 11) is 0. The predicted octanol–water partition coefficient (Wildman–Crippen LogP) is 3.41. The maximum atomic E-state index is 12.5. The van der Waals surface area contributed by atoms with Gasteiger partial charge in [-0.1, -0.05) is 0 Å². The van der Waals surface area contributed by atoms with E-state index < -0.39 is 43.2 Å². The van der Waals surface area contributed by atoms with Gasteiger partial charge in [-0.05, 0) is 12.8 Å². The summed E-state index contributed by atoms with van der Waals surface area (Å²) in [4.78, 5) is 0. The van der Waals surface area contributed by atoms with Crippen molar-refractivity contribution in [1.29, 1.82) is 0 Å². The van der Waals surface area contributed by atoms with Crippen LogP contribution in [0.25, 0.3) is 0 Å². The van der Waals surface area contributed by atoms with Crippen molar-refractivity contribution < 1.29 is 30.7 Å². The van der Waals surface area contributed by atoms with Crippen LogP contribution in [0.3, 0.4) is 0 Å². The largest absolute Gasteiger partial charge is 0.374 e. The Morgan fingerprint density at radius 2 is 1.43 bits per heavy atom. The van der Waals surface area contributed by atoms with E-state index in [2.05, 4.69) is 0 Å². The fourth-order valence-electron chi connectivity index (χ4n) is 1.28. The minimum atomic E-state index is -5.62. The molecule has 1 fully saturated rings. The molecule has 1 saturated carbocycles. The lowest BCUT2D eigenvalue weighted by atomic mass is 10.0. The summed E-state index contributed by atoms with van der Waals surface area (Å²) < 4.78 is 87.6. The zero-order valence-corrected chi connectivity index (χ0v) is 6.84. The summed E-state index contributed by atoms with van der Waals surface area (Å²) in [6, 6.07) is 0. The summed E-state index contributed by atoms with van der Waals surface area (Å²) in [6.45, 7) is 0. The molecule has 1 aliphatic rings. The Balaban J connectivity index is 3.13. The van der Waals surface area contributed by atoms with Crippen LogP contribution >= 0.6 is 0 Å². The van der Waals surface area contributed by atoms with Crippen molar-refractivity contribution >= 4 is 0 Å². The van der Waals surface area contributed by atoms with Gasteiger partial charge >= 0.3 is 17.8 Å². The fraction of sp³-hybridized carbons (Fsp3) is 1.00. The van der Waals surface area contributed by atoms with Crippen molar-refractivity contribution in [3.05, 3.63) is 0 Å². The van der Waals surface area contributed by atoms with Crippen LogP contribution in [0, 0.1) is 0 Å². The van der Waals surface area contributed by atoms with E-state index in [4.69, 9.17) is 0 Å². The Bertz CT molecular complexity index is 222. The van der Waals surface area contributed by atoms with Gasteiger partial charge in [0.05, 0.1) is 0 Å². The Kier molecular flexibility index (Phi) is 2.48. The molecule has 1 rings (SSSR count). The van der Waals surface area contributed by atoms with Gasteiger partial charge in [-0.3, -0.25) is 0 Å². The lowest BCUT2D eigenvalue weighted by Crippen LogP contribution is -2.56. The molecular weight excluding hydrogens is 217 g/mol. The molecule has 0 nitrogen and oxygen atoms in total. The molecule has 0 N–H and O–H groups in total. The molecule has 0 aromatic heterocycles. The van der Waals surface area contributed by atoms with E-state index in [0.717, 1.165) is 0 Å². The monoisotopic (exact) mass is 224 g/mol. The molecule has 0 amide bonds. The third-order valence-corrected chi connectivity index (χ3v) is 2.22. The van der Waals surface area contributed by atoms with Crippen LogP contribution in [0.5, 0.6) is 0 Å². The molecule has 1 atom stereocenters. The quantitative estimate of drug-likeness (QED) is 0.437. The molecule has 0 bridgehead atoms. The van der Waals surface area contributed by atoms with E-state index in [0.29, 0.717) is 0 Å². The van der Waals surface area contributed by atoms with E-state index in [1.54, 1.807) is 0 Å². The van der Waals surface area contributed by atoms with Gasteiger partial charge in [0.25, 0.3) is 0 Å². The standard InChI is InChI=1S/C7H7F7/c8-4-2-1-3-5(9,10)7(13,14)6(4,11)12/h4H,1-3H2. The second-order valence-corrected chi connectivity index (χ2v) is 3.26. The maximum Gasteiger partial charge on any atom is 0.374 e. The summed E-state index contributed by atoms with van der Waals surface area (Å²) in [5.41, 5.74) is 0. The molecule has 7 heteroatoms. The molecule has 0 spiro atoms. The highest BCUT2D eigenvalue weighted by molar-refractivity contribution is 5.02. The predicted molar refractivity (Wildman–Crippen MR) is 33.6 cm³/mol. The Morgan fingerprint density at radius 3 is 1.93 bits per heavy atom. The first-order valence-electron chi connectivity index (χ1n) is 3.90. The van der Waals surface area contributed by atoms with Crippen LogP contribution in [-0.2, 0) is 0 Å². The van der Waals surface area contributed by atoms with Crippen molar-refractivity contribution in [3.8, 4) is 0 Å². The molecule has 0 radical (unpaired) electrons. The van der Waals surface area contributed by atoms with E-state index in [-0.39, 0.29) is 0 Å². The molecule has 1 unspecified atom stereocenters.